The van der Waals surface area contributed by atoms with Gasteiger partial charge >= 0.3 is 6.09 Å². The van der Waals surface area contributed by atoms with Crippen LogP contribution in [0, 0.1) is 4.91 Å². The van der Waals surface area contributed by atoms with Crippen LogP contribution >= 0.6 is 0 Å². The highest BCUT2D eigenvalue weighted by atomic mass is 32.2. The van der Waals surface area contributed by atoms with Crippen molar-refractivity contribution in [2.45, 2.75) is 4.90 Å². The first-order valence-electron chi connectivity index (χ1n) is 9.37. The van der Waals surface area contributed by atoms with Gasteiger partial charge in [-0.15, -0.1) is 4.91 Å². The average molecular weight is 425 g/mol. The molecule has 0 bridgehead atoms. The zero-order valence-corrected chi connectivity index (χ0v) is 16.8. The van der Waals surface area contributed by atoms with E-state index in [-0.39, 0.29) is 36.8 Å². The normalized spacial score (nSPS) is 15.1. The van der Waals surface area contributed by atoms with Crippen LogP contribution < -0.4 is 4.74 Å². The lowest BCUT2D eigenvalue weighted by molar-refractivity contribution is 0.132. The van der Waals surface area contributed by atoms with E-state index in [2.05, 4.69) is 5.18 Å². The maximum atomic E-state index is 13.2. The fraction of sp³-hybridized carbons (Fsp3) is 0.190. The molecule has 0 aliphatic carbocycles. The van der Waals surface area contributed by atoms with Gasteiger partial charge in [0.05, 0.1) is 4.90 Å². The van der Waals surface area contributed by atoms with Crippen LogP contribution in [0.5, 0.6) is 5.75 Å². The molecular weight excluding hydrogens is 406 g/mol. The predicted molar refractivity (Wildman–Crippen MR) is 112 cm³/mol. The maximum absolute atomic E-state index is 13.2. The first kappa shape index (κ1) is 20.0. The molecule has 3 aromatic carbocycles. The highest BCUT2D eigenvalue weighted by Crippen LogP contribution is 2.26. The number of fused-ring (bicyclic) bond motifs is 1. The van der Waals surface area contributed by atoms with Crippen LogP contribution in [-0.2, 0) is 10.0 Å². The van der Waals surface area contributed by atoms with Gasteiger partial charge in [0.25, 0.3) is 0 Å². The molecule has 1 saturated heterocycles. The summed E-state index contributed by atoms with van der Waals surface area (Å²) in [5, 5.41) is 4.33. The van der Waals surface area contributed by atoms with Crippen molar-refractivity contribution in [3.63, 3.8) is 0 Å². The topological polar surface area (TPSA) is 96.3 Å². The predicted octanol–water partition coefficient (Wildman–Crippen LogP) is 3.74. The second kappa shape index (κ2) is 8.21. The van der Waals surface area contributed by atoms with Crippen molar-refractivity contribution >= 4 is 32.6 Å². The Balaban J connectivity index is 1.44. The lowest BCUT2D eigenvalue weighted by atomic mass is 10.1. The van der Waals surface area contributed by atoms with E-state index in [1.54, 1.807) is 18.2 Å². The fourth-order valence-electron chi connectivity index (χ4n) is 3.41. The van der Waals surface area contributed by atoms with Gasteiger partial charge in [0.1, 0.15) is 11.4 Å². The number of benzene rings is 3. The maximum Gasteiger partial charge on any atom is 0.415 e. The molecule has 0 radical (unpaired) electrons. The number of hydrogen-bond donors (Lipinski definition) is 0. The van der Waals surface area contributed by atoms with Gasteiger partial charge in [-0.3, -0.25) is 0 Å². The Hall–Kier alpha value is -3.30. The van der Waals surface area contributed by atoms with Gasteiger partial charge in [-0.05, 0) is 40.9 Å². The Labute approximate surface area is 173 Å². The number of amides is 1. The van der Waals surface area contributed by atoms with Crippen LogP contribution in [0.4, 0.5) is 10.5 Å². The van der Waals surface area contributed by atoms with Gasteiger partial charge in [-0.2, -0.15) is 4.31 Å². The standard InChI is InChI=1S/C21H19N3O5S/c25-21(29-18-10-8-17(22-26)9-11-18)23-12-14-24(15-13-23)30(27,28)20-7-3-5-16-4-1-2-6-19(16)20/h1-11H,12-15H2. The minimum atomic E-state index is -3.69. The summed E-state index contributed by atoms with van der Waals surface area (Å²) < 4.78 is 33.1. The van der Waals surface area contributed by atoms with Crippen LogP contribution in [0.25, 0.3) is 10.8 Å². The Morgan fingerprint density at radius 3 is 2.23 bits per heavy atom. The first-order chi connectivity index (χ1) is 14.5. The molecule has 1 aliphatic heterocycles. The summed E-state index contributed by atoms with van der Waals surface area (Å²) in [6.07, 6.45) is -0.566. The highest BCUT2D eigenvalue weighted by molar-refractivity contribution is 7.89. The summed E-state index contributed by atoms with van der Waals surface area (Å²) in [7, 11) is -3.69. The van der Waals surface area contributed by atoms with Crippen molar-refractivity contribution in [1.29, 1.82) is 0 Å². The summed E-state index contributed by atoms with van der Waals surface area (Å²) >= 11 is 0. The molecule has 0 atom stereocenters. The van der Waals surface area contributed by atoms with E-state index in [0.29, 0.717) is 11.1 Å². The van der Waals surface area contributed by atoms with Crippen molar-refractivity contribution in [2.24, 2.45) is 5.18 Å². The van der Waals surface area contributed by atoms with Crippen LogP contribution in [0.15, 0.2) is 76.8 Å². The lowest BCUT2D eigenvalue weighted by Crippen LogP contribution is -2.51. The third-order valence-electron chi connectivity index (χ3n) is 5.01. The summed E-state index contributed by atoms with van der Waals surface area (Å²) in [4.78, 5) is 24.6. The number of rotatable bonds is 4. The number of ether oxygens (including phenoxy) is 1. The van der Waals surface area contributed by atoms with Crippen LogP contribution in [-0.4, -0.2) is 49.9 Å². The molecule has 1 heterocycles. The molecular formula is C21H19N3O5S. The van der Waals surface area contributed by atoms with Crippen molar-refractivity contribution in [1.82, 2.24) is 9.21 Å². The Kier molecular flexibility index (Phi) is 5.47. The summed E-state index contributed by atoms with van der Waals surface area (Å²) in [6, 6.07) is 18.4. The minimum Gasteiger partial charge on any atom is -0.410 e. The van der Waals surface area contributed by atoms with Crippen molar-refractivity contribution in [2.75, 3.05) is 26.2 Å². The smallest absolute Gasteiger partial charge is 0.410 e. The summed E-state index contributed by atoms with van der Waals surface area (Å²) in [5.41, 5.74) is 0.238. The Bertz CT molecular complexity index is 1180. The molecule has 0 saturated carbocycles. The van der Waals surface area contributed by atoms with Crippen LogP contribution in [0.3, 0.4) is 0 Å². The van der Waals surface area contributed by atoms with E-state index in [1.807, 2.05) is 24.3 Å². The zero-order chi connectivity index (χ0) is 21.1. The number of carbonyl (C=O) groups excluding carboxylic acids is 1. The molecule has 1 aliphatic rings. The van der Waals surface area contributed by atoms with Gasteiger partial charge in [0.15, 0.2) is 0 Å². The van der Waals surface area contributed by atoms with E-state index in [4.69, 9.17) is 4.74 Å². The van der Waals surface area contributed by atoms with Crippen LogP contribution in [0.2, 0.25) is 0 Å². The van der Waals surface area contributed by atoms with Crippen molar-refractivity contribution < 1.29 is 17.9 Å². The fourth-order valence-corrected chi connectivity index (χ4v) is 5.05. The molecule has 8 nitrogen and oxygen atoms in total. The molecule has 3 aromatic rings. The van der Waals surface area contributed by atoms with E-state index < -0.39 is 16.1 Å². The quantitative estimate of drug-likeness (QED) is 0.593. The second-order valence-corrected chi connectivity index (χ2v) is 8.73. The molecule has 1 amide bonds. The van der Waals surface area contributed by atoms with E-state index in [0.717, 1.165) is 5.39 Å². The molecule has 9 heteroatoms. The third-order valence-corrected chi connectivity index (χ3v) is 6.97. The zero-order valence-electron chi connectivity index (χ0n) is 16.0. The average Bonchev–Trinajstić information content (AvgIpc) is 2.79. The van der Waals surface area contributed by atoms with Crippen molar-refractivity contribution in [3.05, 3.63) is 71.6 Å². The highest BCUT2D eigenvalue weighted by Gasteiger charge is 2.31. The number of nitroso groups, excluding NO2 is 1. The molecule has 154 valence electrons. The molecule has 0 unspecified atom stereocenters. The summed E-state index contributed by atoms with van der Waals surface area (Å²) in [6.45, 7) is 0.789. The monoisotopic (exact) mass is 425 g/mol. The number of hydrogen-bond acceptors (Lipinski definition) is 6. The van der Waals surface area contributed by atoms with Gasteiger partial charge in [-0.1, -0.05) is 36.4 Å². The molecule has 1 fully saturated rings. The lowest BCUT2D eigenvalue weighted by Gasteiger charge is -2.33. The largest absolute Gasteiger partial charge is 0.415 e. The van der Waals surface area contributed by atoms with Gasteiger partial charge in [-0.25, -0.2) is 13.2 Å². The molecule has 0 spiro atoms. The SMILES string of the molecule is O=Nc1ccc(OC(=O)N2CCN(S(=O)(=O)c3cccc4ccccc34)CC2)cc1. The Morgan fingerprint density at radius 1 is 0.867 bits per heavy atom. The van der Waals surface area contributed by atoms with Gasteiger partial charge in [0, 0.05) is 31.6 Å². The number of carbonyl (C=O) groups is 1. The Morgan fingerprint density at radius 2 is 1.53 bits per heavy atom. The van der Waals surface area contributed by atoms with Gasteiger partial charge in [0.2, 0.25) is 10.0 Å². The number of nitrogens with zero attached hydrogens (tertiary/aromatic N) is 3. The number of sulfonamides is 1. The van der Waals surface area contributed by atoms with E-state index in [9.17, 15) is 18.1 Å². The molecule has 4 rings (SSSR count). The third kappa shape index (κ3) is 3.89. The van der Waals surface area contributed by atoms with Crippen molar-refractivity contribution in [3.8, 4) is 5.75 Å². The van der Waals surface area contributed by atoms with Crippen LogP contribution in [0.1, 0.15) is 0 Å². The molecule has 30 heavy (non-hydrogen) atoms. The molecule has 0 aromatic heterocycles. The molecule has 0 N–H and O–H groups in total. The number of piperazine rings is 1. The second-order valence-electron chi connectivity index (χ2n) is 6.82. The van der Waals surface area contributed by atoms with E-state index >= 15 is 0 Å². The van der Waals surface area contributed by atoms with Gasteiger partial charge < -0.3 is 9.64 Å². The first-order valence-corrected chi connectivity index (χ1v) is 10.8. The minimum absolute atomic E-state index is 0.175. The summed E-state index contributed by atoms with van der Waals surface area (Å²) in [5.74, 6) is 0.290. The van der Waals surface area contributed by atoms with E-state index in [1.165, 1.54) is 33.5 Å².